The van der Waals surface area contributed by atoms with Crippen LogP contribution in [-0.2, 0) is 14.6 Å². The summed E-state index contributed by atoms with van der Waals surface area (Å²) in [6.45, 7) is -0.0443. The minimum absolute atomic E-state index is 0.00244. The second-order valence-corrected chi connectivity index (χ2v) is 11.9. The molecule has 2 bridgehead atoms. The number of hydrogen-bond acceptors (Lipinski definition) is 7. The smallest absolute Gasteiger partial charge is 0.255 e. The van der Waals surface area contributed by atoms with Crippen LogP contribution in [0.1, 0.15) is 36.0 Å². The quantitative estimate of drug-likeness (QED) is 0.146. The van der Waals surface area contributed by atoms with Crippen LogP contribution in [0.3, 0.4) is 0 Å². The molecule has 0 radical (unpaired) electrons. The average Bonchev–Trinajstić information content (AvgIpc) is 3.13. The van der Waals surface area contributed by atoms with Gasteiger partial charge < -0.3 is 20.4 Å². The first-order valence-electron chi connectivity index (χ1n) is 11.4. The molecule has 2 aliphatic rings. The number of benzene rings is 2. The van der Waals surface area contributed by atoms with Gasteiger partial charge in [-0.25, -0.2) is 21.6 Å². The Kier molecular flexibility index (Phi) is 7.84. The monoisotopic (exact) mass is 560 g/mol. The fraction of sp³-hybridized carbons (Fsp3) is 0.417. The second-order valence-electron chi connectivity index (χ2n) is 9.41. The van der Waals surface area contributed by atoms with Crippen molar-refractivity contribution in [2.75, 3.05) is 18.5 Å². The highest BCUT2D eigenvalue weighted by Gasteiger charge is 2.54. The van der Waals surface area contributed by atoms with Crippen molar-refractivity contribution >= 4 is 39.2 Å². The Balaban J connectivity index is 1.55. The number of nitrogens with one attached hydrogen (secondary N) is 1. The van der Waals surface area contributed by atoms with Gasteiger partial charge in [0.05, 0.1) is 40.2 Å². The van der Waals surface area contributed by atoms with Crippen LogP contribution in [0.25, 0.3) is 0 Å². The van der Waals surface area contributed by atoms with Crippen molar-refractivity contribution in [1.29, 1.82) is 0 Å². The Bertz CT molecular complexity index is 1300. The summed E-state index contributed by atoms with van der Waals surface area (Å²) in [5, 5.41) is 23.6. The molecule has 2 saturated carbocycles. The normalized spacial score (nSPS) is 25.5. The van der Waals surface area contributed by atoms with Crippen molar-refractivity contribution < 1.29 is 41.4 Å². The van der Waals surface area contributed by atoms with Gasteiger partial charge in [-0.05, 0) is 55.7 Å². The van der Waals surface area contributed by atoms with Crippen LogP contribution in [0.15, 0.2) is 40.4 Å². The Hall–Kier alpha value is -2.67. The molecule has 3 N–H and O–H groups in total. The summed E-state index contributed by atoms with van der Waals surface area (Å²) in [4.78, 5) is 12.4. The molecule has 2 unspecified atom stereocenters. The van der Waals surface area contributed by atoms with Crippen LogP contribution in [0.5, 0.6) is 0 Å². The first-order chi connectivity index (χ1) is 17.4. The molecule has 0 spiro atoms. The van der Waals surface area contributed by atoms with E-state index in [2.05, 4.69) is 10.5 Å². The fourth-order valence-corrected chi connectivity index (χ4v) is 8.28. The van der Waals surface area contributed by atoms with Crippen LogP contribution in [0.4, 0.5) is 18.9 Å². The van der Waals surface area contributed by atoms with Crippen molar-refractivity contribution in [3.05, 3.63) is 58.4 Å². The molecule has 200 valence electrons. The number of oxime groups is 1. The standard InChI is InChI=1S/C24H24ClF3N2O6S/c25-17-4-3-13(23(31)30-16-8-18(26)21(28)19(27)9-16)7-20(17)37(34,35)22-14-1-2-15(22)11-24(32,10-14)12-36-6-5-29-33/h3-5,7-9,14-15,22,32-33H,1-2,6,10-12H2,(H,30,31)/b29-5+/t14?,15?,22-,24-. The Morgan fingerprint density at radius 2 is 1.78 bits per heavy atom. The fourth-order valence-electron chi connectivity index (χ4n) is 5.44. The molecule has 8 nitrogen and oxygen atoms in total. The number of fused-ring (bicyclic) bond motifs is 2. The van der Waals surface area contributed by atoms with E-state index in [4.69, 9.17) is 21.5 Å². The number of sulfone groups is 1. The van der Waals surface area contributed by atoms with Crippen LogP contribution >= 0.6 is 11.6 Å². The van der Waals surface area contributed by atoms with Crippen LogP contribution in [0, 0.1) is 29.3 Å². The SMILES string of the molecule is O=C(Nc1cc(F)c(F)c(F)c1)c1ccc(Cl)c(S(=O)(=O)[C@H]2C3CCC2C[C@](O)(COC/C=N/O)C3)c1. The number of carbonyl (C=O) groups is 1. The first kappa shape index (κ1) is 27.4. The second kappa shape index (κ2) is 10.6. The van der Waals surface area contributed by atoms with Crippen LogP contribution in [-0.4, -0.2) is 54.9 Å². The lowest BCUT2D eigenvalue weighted by Crippen LogP contribution is -2.48. The van der Waals surface area contributed by atoms with E-state index in [-0.39, 0.29) is 59.1 Å². The van der Waals surface area contributed by atoms with Crippen molar-refractivity contribution in [3.8, 4) is 0 Å². The van der Waals surface area contributed by atoms with Crippen molar-refractivity contribution in [1.82, 2.24) is 0 Å². The number of ether oxygens (including phenoxy) is 1. The van der Waals surface area contributed by atoms with Gasteiger partial charge >= 0.3 is 0 Å². The van der Waals surface area contributed by atoms with Gasteiger partial charge in [-0.1, -0.05) is 16.8 Å². The molecule has 0 aromatic heterocycles. The topological polar surface area (TPSA) is 125 Å². The molecule has 2 fully saturated rings. The number of rotatable bonds is 8. The van der Waals surface area contributed by atoms with Crippen LogP contribution in [0.2, 0.25) is 5.02 Å². The predicted octanol–water partition coefficient (Wildman–Crippen LogP) is 4.18. The Labute approximate surface area is 216 Å². The van der Waals surface area contributed by atoms with Gasteiger partial charge in [0.25, 0.3) is 5.91 Å². The molecule has 0 aliphatic heterocycles. The third-order valence-corrected chi connectivity index (χ3v) is 9.75. The zero-order chi connectivity index (χ0) is 27.0. The summed E-state index contributed by atoms with van der Waals surface area (Å²) in [6.07, 6.45) is 2.65. The zero-order valence-electron chi connectivity index (χ0n) is 19.3. The van der Waals surface area contributed by atoms with E-state index >= 15 is 0 Å². The number of amides is 1. The molecule has 2 aromatic carbocycles. The first-order valence-corrected chi connectivity index (χ1v) is 13.3. The van der Waals surface area contributed by atoms with Crippen molar-refractivity contribution in [2.24, 2.45) is 17.0 Å². The molecule has 2 aromatic rings. The number of halogens is 4. The van der Waals surface area contributed by atoms with E-state index in [1.54, 1.807) is 0 Å². The summed E-state index contributed by atoms with van der Waals surface area (Å²) < 4.78 is 73.0. The third kappa shape index (κ3) is 5.62. The Morgan fingerprint density at radius 1 is 1.16 bits per heavy atom. The van der Waals surface area contributed by atoms with Gasteiger partial charge in [0.1, 0.15) is 0 Å². The average molecular weight is 561 g/mol. The maximum Gasteiger partial charge on any atom is 0.255 e. The van der Waals surface area contributed by atoms with Gasteiger partial charge in [0, 0.05) is 23.4 Å². The lowest BCUT2D eigenvalue weighted by molar-refractivity contribution is -0.0759. The van der Waals surface area contributed by atoms with Gasteiger partial charge in [-0.15, -0.1) is 0 Å². The highest BCUT2D eigenvalue weighted by Crippen LogP contribution is 2.51. The molecule has 2 atom stereocenters. The summed E-state index contributed by atoms with van der Waals surface area (Å²) in [7, 11) is -4.04. The predicted molar refractivity (Wildman–Crippen MR) is 128 cm³/mol. The molecule has 1 amide bonds. The number of anilines is 1. The van der Waals surface area contributed by atoms with Crippen molar-refractivity contribution in [2.45, 2.75) is 41.4 Å². The summed E-state index contributed by atoms with van der Waals surface area (Å²) >= 11 is 6.24. The van der Waals surface area contributed by atoms with Gasteiger partial charge in [0.2, 0.25) is 0 Å². The molecule has 13 heteroatoms. The minimum atomic E-state index is -4.04. The van der Waals surface area contributed by atoms with E-state index in [0.717, 1.165) is 12.3 Å². The van der Waals surface area contributed by atoms with Gasteiger partial charge in [-0.2, -0.15) is 0 Å². The van der Waals surface area contributed by atoms with Gasteiger partial charge in [0.15, 0.2) is 27.3 Å². The van der Waals surface area contributed by atoms with E-state index in [9.17, 15) is 31.5 Å². The lowest BCUT2D eigenvalue weighted by Gasteiger charge is -2.40. The number of carbonyl (C=O) groups excluding carboxylic acids is 1. The van der Waals surface area contributed by atoms with E-state index in [1.807, 2.05) is 0 Å². The highest BCUT2D eigenvalue weighted by atomic mass is 35.5. The van der Waals surface area contributed by atoms with E-state index in [1.165, 1.54) is 12.1 Å². The molecule has 0 heterocycles. The number of aliphatic hydroxyl groups is 1. The van der Waals surface area contributed by atoms with E-state index < -0.39 is 44.0 Å². The van der Waals surface area contributed by atoms with E-state index in [0.29, 0.717) is 25.0 Å². The summed E-state index contributed by atoms with van der Waals surface area (Å²) in [5.74, 6) is -6.28. The molecule has 2 aliphatic carbocycles. The molecular weight excluding hydrogens is 537 g/mol. The molecule has 37 heavy (non-hydrogen) atoms. The molecular formula is C24H24ClF3N2O6S. The van der Waals surface area contributed by atoms with Gasteiger partial charge in [-0.3, -0.25) is 4.79 Å². The van der Waals surface area contributed by atoms with Crippen molar-refractivity contribution in [3.63, 3.8) is 0 Å². The number of nitrogens with zero attached hydrogens (tertiary/aromatic N) is 1. The zero-order valence-corrected chi connectivity index (χ0v) is 20.9. The maximum atomic E-state index is 13.7. The maximum absolute atomic E-state index is 13.7. The molecule has 0 saturated heterocycles. The molecule has 4 rings (SSSR count). The highest BCUT2D eigenvalue weighted by molar-refractivity contribution is 7.92. The third-order valence-electron chi connectivity index (χ3n) is 6.87. The largest absolute Gasteiger partial charge is 0.411 e. The number of hydrogen-bond donors (Lipinski definition) is 3. The minimum Gasteiger partial charge on any atom is -0.411 e. The summed E-state index contributed by atoms with van der Waals surface area (Å²) in [6, 6.07) is 4.80. The van der Waals surface area contributed by atoms with Crippen LogP contribution < -0.4 is 5.32 Å². The lowest BCUT2D eigenvalue weighted by atomic mass is 9.77. The summed E-state index contributed by atoms with van der Waals surface area (Å²) in [5.41, 5.74) is -1.71. The Morgan fingerprint density at radius 3 is 2.38 bits per heavy atom.